The third-order valence-corrected chi connectivity index (χ3v) is 12.5. The minimum absolute atomic E-state index is 0.133. The Morgan fingerprint density at radius 3 is 1.97 bits per heavy atom. The second-order valence-electron chi connectivity index (χ2n) is 15.6. The summed E-state index contributed by atoms with van der Waals surface area (Å²) in [7, 11) is 0. The van der Waals surface area contributed by atoms with Crippen LogP contribution in [0.3, 0.4) is 0 Å². The largest absolute Gasteiger partial charge is 0.459 e. The molecule has 3 aliphatic carbocycles. The molecule has 0 fully saturated rings. The highest BCUT2D eigenvalue weighted by Crippen LogP contribution is 2.65. The molecule has 11 rings (SSSR count). The number of fused-ring (bicyclic) bond motifs is 13. The fourth-order valence-corrected chi connectivity index (χ4v) is 9.90. The summed E-state index contributed by atoms with van der Waals surface area (Å²) < 4.78 is 6.96. The average Bonchev–Trinajstić information content (AvgIpc) is 3.92. The lowest BCUT2D eigenvalue weighted by molar-refractivity contribution is 0.506. The molecule has 7 aromatic carbocycles. The third kappa shape index (κ3) is 5.72. The van der Waals surface area contributed by atoms with E-state index >= 15 is 0 Å². The molecule has 0 bridgehead atoms. The summed E-state index contributed by atoms with van der Waals surface area (Å²) in [6.45, 7) is 8.10. The summed E-state index contributed by atoms with van der Waals surface area (Å²) in [6.07, 6.45) is 8.83. The van der Waals surface area contributed by atoms with E-state index in [1.54, 1.807) is 0 Å². The monoisotopic (exact) mass is 748 g/mol. The van der Waals surface area contributed by atoms with Gasteiger partial charge in [0, 0.05) is 10.9 Å². The maximum atomic E-state index is 6.96. The highest BCUT2D eigenvalue weighted by molar-refractivity contribution is 6.06. The van der Waals surface area contributed by atoms with Crippen molar-refractivity contribution in [3.8, 4) is 22.3 Å². The van der Waals surface area contributed by atoms with Crippen LogP contribution in [0.1, 0.15) is 70.9 Å². The minimum Gasteiger partial charge on any atom is -0.459 e. The number of nitrogens with zero attached hydrogens (tertiary/aromatic N) is 2. The number of allylic oxidation sites excluding steroid dienone is 4. The predicted octanol–water partition coefficient (Wildman–Crippen LogP) is 14.1. The van der Waals surface area contributed by atoms with Gasteiger partial charge in [-0.25, -0.2) is 0 Å². The Kier molecular flexibility index (Phi) is 9.14. The Morgan fingerprint density at radius 1 is 0.586 bits per heavy atom. The maximum absolute atomic E-state index is 6.96. The van der Waals surface area contributed by atoms with Gasteiger partial charge in [0.25, 0.3) is 0 Å². The molecule has 1 aromatic heterocycles. The molecule has 58 heavy (non-hydrogen) atoms. The van der Waals surface area contributed by atoms with Crippen molar-refractivity contribution >= 4 is 40.7 Å². The molecule has 0 N–H and O–H groups in total. The van der Waals surface area contributed by atoms with E-state index in [-0.39, 0.29) is 6.04 Å². The first-order chi connectivity index (χ1) is 28.7. The van der Waals surface area contributed by atoms with Gasteiger partial charge in [0.05, 0.1) is 12.6 Å². The van der Waals surface area contributed by atoms with Crippen LogP contribution in [0.25, 0.3) is 49.6 Å². The van der Waals surface area contributed by atoms with Gasteiger partial charge in [-0.15, -0.1) is 0 Å². The van der Waals surface area contributed by atoms with Crippen molar-refractivity contribution < 1.29 is 4.42 Å². The molecule has 0 radical (unpaired) electrons. The Labute approximate surface area is 340 Å². The number of aliphatic imine (C=N–C) groups is 2. The normalized spacial score (nSPS) is 14.7. The molecule has 0 saturated heterocycles. The third-order valence-electron chi connectivity index (χ3n) is 12.5. The van der Waals surface area contributed by atoms with Gasteiger partial charge in [-0.1, -0.05) is 175 Å². The standard InChI is InChI=1S/C43H33NO.C12H11N/c1-44-38(30-12-3-2-4-13-30)27-24-28-22-25-29(26-23-28)31-17-11-18-35-40-34-16-7-10-21-39(34)45-42(40)43(41(31)35)36-19-8-5-14-32(36)33-15-6-9-20-37(33)43;1-13-9-11-7-4-6-10-5-2-3-8-12(10)11/h2-22,25,38H,1,23-24,26-27H2;2-8H,1,9H2. The van der Waals surface area contributed by atoms with Gasteiger partial charge in [0.1, 0.15) is 16.8 Å². The SMILES string of the molecule is C=NC(CCC1=CC=C(c2cccc3c2C2(c4ccccc4-c4ccccc42)c2oc4ccccc4c2-3)CC1)c1ccccc1.C=NCc1cccc2ccccc12. The van der Waals surface area contributed by atoms with Crippen LogP contribution >= 0.6 is 0 Å². The van der Waals surface area contributed by atoms with E-state index in [1.807, 2.05) is 6.07 Å². The van der Waals surface area contributed by atoms with Crippen LogP contribution in [0, 0.1) is 0 Å². The summed E-state index contributed by atoms with van der Waals surface area (Å²) >= 11 is 0. The minimum atomic E-state index is -0.503. The molecular weight excluding hydrogens is 705 g/mol. The van der Waals surface area contributed by atoms with Crippen molar-refractivity contribution in [2.75, 3.05) is 0 Å². The summed E-state index contributed by atoms with van der Waals surface area (Å²) in [5.41, 5.74) is 16.3. The van der Waals surface area contributed by atoms with Crippen LogP contribution in [0.5, 0.6) is 0 Å². The molecule has 1 spiro atoms. The molecule has 1 unspecified atom stereocenters. The summed E-state index contributed by atoms with van der Waals surface area (Å²) in [6, 6.07) is 58.6. The van der Waals surface area contributed by atoms with Crippen molar-refractivity contribution in [3.63, 3.8) is 0 Å². The highest BCUT2D eigenvalue weighted by atomic mass is 16.3. The van der Waals surface area contributed by atoms with E-state index in [4.69, 9.17) is 4.42 Å². The fourth-order valence-electron chi connectivity index (χ4n) is 9.90. The molecule has 8 aromatic rings. The van der Waals surface area contributed by atoms with Crippen LogP contribution in [0.4, 0.5) is 0 Å². The lowest BCUT2D eigenvalue weighted by Gasteiger charge is -2.31. The Balaban J connectivity index is 0.000000267. The average molecular weight is 749 g/mol. The Morgan fingerprint density at radius 2 is 1.22 bits per heavy atom. The van der Waals surface area contributed by atoms with E-state index in [1.165, 1.54) is 82.9 Å². The Hall–Kier alpha value is -6.84. The van der Waals surface area contributed by atoms with E-state index in [0.29, 0.717) is 6.54 Å². The smallest absolute Gasteiger partial charge is 0.135 e. The highest BCUT2D eigenvalue weighted by Gasteiger charge is 2.56. The van der Waals surface area contributed by atoms with Gasteiger partial charge in [-0.2, -0.15) is 0 Å². The van der Waals surface area contributed by atoms with Crippen molar-refractivity contribution in [1.82, 2.24) is 0 Å². The van der Waals surface area contributed by atoms with Gasteiger partial charge >= 0.3 is 0 Å². The molecule has 0 aliphatic heterocycles. The quantitative estimate of drug-likeness (QED) is 0.143. The number of furan rings is 1. The van der Waals surface area contributed by atoms with E-state index in [0.717, 1.165) is 37.0 Å². The lowest BCUT2D eigenvalue weighted by atomic mass is 9.70. The molecule has 3 heteroatoms. The van der Waals surface area contributed by atoms with Gasteiger partial charge in [0.2, 0.25) is 0 Å². The van der Waals surface area contributed by atoms with Crippen molar-refractivity contribution in [3.05, 3.63) is 221 Å². The van der Waals surface area contributed by atoms with E-state index < -0.39 is 5.41 Å². The Bertz CT molecular complexity index is 2880. The lowest BCUT2D eigenvalue weighted by Crippen LogP contribution is -2.27. The van der Waals surface area contributed by atoms with Crippen molar-refractivity contribution in [1.29, 1.82) is 0 Å². The second-order valence-corrected chi connectivity index (χ2v) is 15.6. The van der Waals surface area contributed by atoms with Gasteiger partial charge < -0.3 is 4.42 Å². The van der Waals surface area contributed by atoms with Gasteiger partial charge in [0.15, 0.2) is 0 Å². The summed E-state index contributed by atoms with van der Waals surface area (Å²) in [5, 5.41) is 3.73. The molecule has 3 nitrogen and oxygen atoms in total. The van der Waals surface area contributed by atoms with Gasteiger partial charge in [-0.3, -0.25) is 9.98 Å². The molecule has 0 saturated carbocycles. The van der Waals surface area contributed by atoms with Crippen LogP contribution < -0.4 is 0 Å². The molecular formula is C55H44N2O. The number of hydrogen-bond donors (Lipinski definition) is 0. The number of benzene rings is 7. The predicted molar refractivity (Wildman–Crippen MR) is 243 cm³/mol. The number of hydrogen-bond acceptors (Lipinski definition) is 3. The molecule has 1 heterocycles. The molecule has 1 atom stereocenters. The van der Waals surface area contributed by atoms with Crippen LogP contribution in [-0.2, 0) is 12.0 Å². The molecule has 0 amide bonds. The first kappa shape index (κ1) is 35.6. The molecule has 3 aliphatic rings. The topological polar surface area (TPSA) is 37.9 Å². The van der Waals surface area contributed by atoms with Crippen molar-refractivity contribution in [2.24, 2.45) is 9.98 Å². The van der Waals surface area contributed by atoms with E-state index in [9.17, 15) is 0 Å². The molecule has 280 valence electrons. The maximum Gasteiger partial charge on any atom is 0.135 e. The zero-order valence-electron chi connectivity index (χ0n) is 32.6. The zero-order valence-corrected chi connectivity index (χ0v) is 32.6. The zero-order chi connectivity index (χ0) is 39.1. The second kappa shape index (κ2) is 14.9. The first-order valence-corrected chi connectivity index (χ1v) is 20.3. The number of rotatable bonds is 8. The summed E-state index contributed by atoms with van der Waals surface area (Å²) in [4.78, 5) is 8.36. The van der Waals surface area contributed by atoms with Crippen LogP contribution in [-0.4, -0.2) is 13.4 Å². The number of para-hydroxylation sites is 1. The van der Waals surface area contributed by atoms with Crippen LogP contribution in [0.2, 0.25) is 0 Å². The van der Waals surface area contributed by atoms with Crippen LogP contribution in [0.15, 0.2) is 196 Å². The van der Waals surface area contributed by atoms with Crippen molar-refractivity contribution in [2.45, 2.75) is 43.7 Å². The van der Waals surface area contributed by atoms with Gasteiger partial charge in [-0.05, 0) is 112 Å². The first-order valence-electron chi connectivity index (χ1n) is 20.3. The van der Waals surface area contributed by atoms with E-state index in [2.05, 4.69) is 193 Å². The summed E-state index contributed by atoms with van der Waals surface area (Å²) in [5.74, 6) is 1.06. The fraction of sp³-hybridized carbons (Fsp3) is 0.127.